The molecule has 1 rings (SSSR count). The minimum absolute atomic E-state index is 0.250. The van der Waals surface area contributed by atoms with E-state index < -0.39 is 0 Å². The second-order valence-corrected chi connectivity index (χ2v) is 8.32. The molecule has 0 aliphatic heterocycles. The van der Waals surface area contributed by atoms with E-state index in [0.717, 1.165) is 49.2 Å². The van der Waals surface area contributed by atoms with Gasteiger partial charge < -0.3 is 21.3 Å². The fourth-order valence-corrected chi connectivity index (χ4v) is 3.30. The Kier molecular flexibility index (Phi) is 18.1. The molecule has 36 heavy (non-hydrogen) atoms. The standard InChI is InChI=1S/C23H32ClN5O3S.CH3NO/c1-17-9-8-10-20(24)19(17)12-14-25-23(33)27-21(13-16-30)26-18(2)29(3)15-7-5-4-6-11-22(31)28-32;2-1-3/h8-10,12-14,16,32H,4-7,11,15H2,1-3H3,(H,28,31)(H2,25,27,33);1H,(H2,2,3)/b14-12+,21-13+,26-18-;. The summed E-state index contributed by atoms with van der Waals surface area (Å²) in [4.78, 5) is 37.0. The summed E-state index contributed by atoms with van der Waals surface area (Å²) in [7, 11) is 1.92. The van der Waals surface area contributed by atoms with E-state index in [1.807, 2.05) is 50.1 Å². The Bertz CT molecular complexity index is 932. The Hall–Kier alpha value is -3.28. The maximum absolute atomic E-state index is 11.0. The fraction of sp³-hybridized carbons (Fsp3) is 0.375. The van der Waals surface area contributed by atoms with Crippen LogP contribution in [-0.2, 0) is 14.4 Å². The molecule has 6 N–H and O–H groups in total. The second-order valence-electron chi connectivity index (χ2n) is 7.51. The number of aldehydes is 1. The Labute approximate surface area is 222 Å². The van der Waals surface area contributed by atoms with E-state index in [9.17, 15) is 9.59 Å². The van der Waals surface area contributed by atoms with E-state index in [2.05, 4.69) is 21.4 Å². The first-order valence-corrected chi connectivity index (χ1v) is 12.0. The number of benzene rings is 1. The molecule has 0 saturated heterocycles. The number of halogens is 1. The molecule has 0 heterocycles. The van der Waals surface area contributed by atoms with Crippen LogP contribution in [0.15, 0.2) is 41.3 Å². The van der Waals surface area contributed by atoms with Gasteiger partial charge in [0, 0.05) is 37.3 Å². The molecule has 0 aromatic heterocycles. The molecule has 0 unspecified atom stereocenters. The van der Waals surface area contributed by atoms with Crippen molar-refractivity contribution < 1.29 is 19.6 Å². The quantitative estimate of drug-likeness (QED) is 0.0398. The van der Waals surface area contributed by atoms with Gasteiger partial charge in [-0.05, 0) is 62.2 Å². The van der Waals surface area contributed by atoms with Crippen LogP contribution in [0.4, 0.5) is 0 Å². The number of hydroxylamine groups is 1. The number of thiocarbonyl (C=S) groups is 1. The summed E-state index contributed by atoms with van der Waals surface area (Å²) < 4.78 is 0. The minimum Gasteiger partial charge on any atom is -0.372 e. The van der Waals surface area contributed by atoms with Gasteiger partial charge in [0.1, 0.15) is 17.9 Å². The monoisotopic (exact) mass is 538 g/mol. The van der Waals surface area contributed by atoms with Crippen LogP contribution in [0, 0.1) is 6.92 Å². The van der Waals surface area contributed by atoms with Crippen molar-refractivity contribution in [2.24, 2.45) is 10.7 Å². The first-order valence-electron chi connectivity index (χ1n) is 11.2. The van der Waals surface area contributed by atoms with Crippen LogP contribution in [0.5, 0.6) is 0 Å². The van der Waals surface area contributed by atoms with Gasteiger partial charge in [-0.25, -0.2) is 10.5 Å². The molecule has 0 saturated carbocycles. The van der Waals surface area contributed by atoms with E-state index in [1.54, 1.807) is 11.7 Å². The van der Waals surface area contributed by atoms with Gasteiger partial charge in [-0.15, -0.1) is 0 Å². The highest BCUT2D eigenvalue weighted by molar-refractivity contribution is 7.80. The zero-order valence-electron chi connectivity index (χ0n) is 20.8. The Balaban J connectivity index is 0.00000387. The Morgan fingerprint density at radius 1 is 1.25 bits per heavy atom. The minimum atomic E-state index is -0.362. The number of nitrogens with two attached hydrogens (primary N) is 1. The smallest absolute Gasteiger partial charge is 0.243 e. The number of nitrogens with zero attached hydrogens (tertiary/aromatic N) is 2. The first-order chi connectivity index (χ1) is 17.2. The molecule has 0 aliphatic carbocycles. The lowest BCUT2D eigenvalue weighted by atomic mass is 10.1. The number of rotatable bonds is 12. The van der Waals surface area contributed by atoms with Crippen LogP contribution < -0.4 is 21.8 Å². The highest BCUT2D eigenvalue weighted by Gasteiger charge is 2.05. The molecule has 0 radical (unpaired) electrons. The van der Waals surface area contributed by atoms with E-state index in [4.69, 9.17) is 33.8 Å². The molecule has 1 aromatic carbocycles. The highest BCUT2D eigenvalue weighted by Crippen LogP contribution is 2.20. The van der Waals surface area contributed by atoms with Crippen molar-refractivity contribution in [1.82, 2.24) is 21.0 Å². The predicted octanol–water partition coefficient (Wildman–Crippen LogP) is 3.03. The number of amides is 2. The van der Waals surface area contributed by atoms with Gasteiger partial charge in [0.2, 0.25) is 12.3 Å². The lowest BCUT2D eigenvalue weighted by Gasteiger charge is -2.19. The lowest BCUT2D eigenvalue weighted by Crippen LogP contribution is -2.32. The number of carbonyl (C=O) groups excluding carboxylic acids is 3. The summed E-state index contributed by atoms with van der Waals surface area (Å²) >= 11 is 11.5. The normalized spacial score (nSPS) is 11.2. The second kappa shape index (κ2) is 20.0. The van der Waals surface area contributed by atoms with Crippen molar-refractivity contribution in [2.45, 2.75) is 46.0 Å². The third-order valence-corrected chi connectivity index (χ3v) is 5.36. The third-order valence-electron chi connectivity index (χ3n) is 4.81. The average molecular weight is 539 g/mol. The maximum Gasteiger partial charge on any atom is 0.243 e. The summed E-state index contributed by atoms with van der Waals surface area (Å²) in [6, 6.07) is 5.68. The Morgan fingerprint density at radius 3 is 2.53 bits per heavy atom. The molecular weight excluding hydrogens is 504 g/mol. The Morgan fingerprint density at radius 2 is 1.92 bits per heavy atom. The van der Waals surface area contributed by atoms with Crippen LogP contribution in [0.2, 0.25) is 5.02 Å². The number of aryl methyl sites for hydroxylation is 1. The summed E-state index contributed by atoms with van der Waals surface area (Å²) in [5.74, 6) is 0.684. The zero-order valence-corrected chi connectivity index (χ0v) is 22.4. The molecule has 0 bridgehead atoms. The van der Waals surface area contributed by atoms with Crippen LogP contribution in [0.3, 0.4) is 0 Å². The van der Waals surface area contributed by atoms with Crippen LogP contribution in [0.1, 0.15) is 50.2 Å². The number of unbranched alkanes of at least 4 members (excludes halogenated alkanes) is 3. The lowest BCUT2D eigenvalue weighted by molar-refractivity contribution is -0.129. The number of aliphatic imine (C=N–C) groups is 1. The van der Waals surface area contributed by atoms with E-state index in [-0.39, 0.29) is 17.4 Å². The van der Waals surface area contributed by atoms with Crippen molar-refractivity contribution >= 4 is 59.4 Å². The number of nitrogens with one attached hydrogen (secondary N) is 3. The molecule has 2 amide bonds. The molecule has 12 heteroatoms. The van der Waals surface area contributed by atoms with Gasteiger partial charge >= 0.3 is 0 Å². The van der Waals surface area contributed by atoms with Gasteiger partial charge in [0.05, 0.1) is 0 Å². The van der Waals surface area contributed by atoms with Gasteiger partial charge in [0.25, 0.3) is 0 Å². The number of primary amides is 1. The number of amidine groups is 1. The fourth-order valence-electron chi connectivity index (χ4n) is 2.85. The summed E-state index contributed by atoms with van der Waals surface area (Å²) in [5, 5.41) is 15.3. The van der Waals surface area contributed by atoms with Crippen molar-refractivity contribution in [2.75, 3.05) is 13.6 Å². The topological polar surface area (TPSA) is 149 Å². The van der Waals surface area contributed by atoms with E-state index in [1.165, 1.54) is 6.08 Å². The van der Waals surface area contributed by atoms with Gasteiger partial charge in [-0.1, -0.05) is 36.6 Å². The van der Waals surface area contributed by atoms with Gasteiger partial charge in [0.15, 0.2) is 5.11 Å². The number of hydrogen-bond acceptors (Lipinski definition) is 6. The molecule has 1 aromatic rings. The van der Waals surface area contributed by atoms with Crippen molar-refractivity contribution in [1.29, 1.82) is 0 Å². The molecule has 0 atom stereocenters. The molecule has 0 fully saturated rings. The summed E-state index contributed by atoms with van der Waals surface area (Å²) in [6.45, 7) is 4.60. The van der Waals surface area contributed by atoms with Crippen molar-refractivity contribution in [3.8, 4) is 0 Å². The zero-order chi connectivity index (χ0) is 27.3. The number of carbonyl (C=O) groups is 3. The molecule has 198 valence electrons. The van der Waals surface area contributed by atoms with Crippen molar-refractivity contribution in [3.05, 3.63) is 52.4 Å². The largest absolute Gasteiger partial charge is 0.372 e. The molecule has 10 nitrogen and oxygen atoms in total. The van der Waals surface area contributed by atoms with Gasteiger partial charge in [-0.2, -0.15) is 0 Å². The van der Waals surface area contributed by atoms with Crippen LogP contribution >= 0.6 is 23.8 Å². The molecular formula is C24H35ClN6O4S. The molecule has 0 spiro atoms. The first kappa shape index (κ1) is 32.7. The summed E-state index contributed by atoms with van der Waals surface area (Å²) in [6.07, 6.45) is 9.53. The van der Waals surface area contributed by atoms with Crippen LogP contribution in [-0.4, -0.2) is 53.3 Å². The van der Waals surface area contributed by atoms with E-state index in [0.29, 0.717) is 23.6 Å². The molecule has 0 aliphatic rings. The average Bonchev–Trinajstić information content (AvgIpc) is 2.83. The summed E-state index contributed by atoms with van der Waals surface area (Å²) in [5.41, 5.74) is 7.73. The number of allylic oxidation sites excluding steroid dienone is 1. The van der Waals surface area contributed by atoms with Gasteiger partial charge in [-0.3, -0.25) is 19.6 Å². The van der Waals surface area contributed by atoms with Crippen LogP contribution in [0.25, 0.3) is 6.08 Å². The van der Waals surface area contributed by atoms with Crippen molar-refractivity contribution in [3.63, 3.8) is 0 Å². The number of hydrogen-bond donors (Lipinski definition) is 5. The van der Waals surface area contributed by atoms with E-state index >= 15 is 0 Å². The highest BCUT2D eigenvalue weighted by atomic mass is 35.5. The SMILES string of the molecule is C/C(=N/C(=C\C=O)NC(=S)N/C=C/c1c(C)cccc1Cl)N(C)CCCCCCC(=O)NO.NC=O. The maximum atomic E-state index is 11.0. The predicted molar refractivity (Wildman–Crippen MR) is 147 cm³/mol. The third kappa shape index (κ3) is 14.9.